The highest BCUT2D eigenvalue weighted by molar-refractivity contribution is 5.71. The molecule has 0 aromatic carbocycles. The molecule has 0 radical (unpaired) electrons. The molecule has 1 aliphatic rings. The van der Waals surface area contributed by atoms with Crippen LogP contribution in [0.15, 0.2) is 0 Å². The van der Waals surface area contributed by atoms with E-state index in [1.165, 1.54) is 0 Å². The third kappa shape index (κ3) is 1.79. The maximum absolute atomic E-state index is 10.3. The molecule has 0 aromatic rings. The Hall–Kier alpha value is -0.730. The monoisotopic (exact) mass is 193 g/mol. The van der Waals surface area contributed by atoms with E-state index in [1.54, 1.807) is 0 Å². The number of aliphatic hydroxyl groups is 4. The number of hydrogen-bond donors (Lipinski definition) is 4. The normalized spacial score (nSPS) is 46.0. The minimum Gasteiger partial charge on any atom is -0.547 e. The Morgan fingerprint density at radius 3 is 2.08 bits per heavy atom. The number of ether oxygens (including phenoxy) is 1. The Bertz CT molecular complexity index is 205. The van der Waals surface area contributed by atoms with Gasteiger partial charge in [0.15, 0.2) is 6.29 Å². The highest BCUT2D eigenvalue weighted by Gasteiger charge is 2.43. The summed E-state index contributed by atoms with van der Waals surface area (Å²) in [4.78, 5) is 10.3. The molecule has 0 aromatic heterocycles. The second kappa shape index (κ2) is 3.56. The molecule has 1 aliphatic heterocycles. The zero-order chi connectivity index (χ0) is 10.2. The summed E-state index contributed by atoms with van der Waals surface area (Å²) >= 11 is 0. The average molecular weight is 193 g/mol. The van der Waals surface area contributed by atoms with Crippen molar-refractivity contribution in [2.24, 2.45) is 0 Å². The summed E-state index contributed by atoms with van der Waals surface area (Å²) in [5, 5.41) is 46.1. The van der Waals surface area contributed by atoms with Crippen LogP contribution in [0.1, 0.15) is 0 Å². The van der Waals surface area contributed by atoms with Crippen molar-refractivity contribution < 1.29 is 35.1 Å². The fourth-order valence-corrected chi connectivity index (χ4v) is 1.06. The van der Waals surface area contributed by atoms with Crippen LogP contribution < -0.4 is 5.11 Å². The van der Waals surface area contributed by atoms with Crippen LogP contribution in [0, 0.1) is 0 Å². The predicted octanol–water partition coefficient (Wildman–Crippen LogP) is -4.46. The standard InChI is InChI=1S/C6H10O7/c7-1-2(8)4(5(10)11)13-6(12)3(1)9/h1-4,6-9,12H,(H,10,11)/p-1/t1?,2-,3-,4?,6+/m0/s1. The van der Waals surface area contributed by atoms with E-state index >= 15 is 0 Å². The van der Waals surface area contributed by atoms with E-state index in [2.05, 4.69) is 4.74 Å². The van der Waals surface area contributed by atoms with Gasteiger partial charge in [-0.15, -0.1) is 0 Å². The largest absolute Gasteiger partial charge is 0.547 e. The van der Waals surface area contributed by atoms with Crippen molar-refractivity contribution in [3.05, 3.63) is 0 Å². The molecule has 1 heterocycles. The van der Waals surface area contributed by atoms with Gasteiger partial charge in [0.1, 0.15) is 24.4 Å². The first-order valence-corrected chi connectivity index (χ1v) is 3.53. The summed E-state index contributed by atoms with van der Waals surface area (Å²) in [6.07, 6.45) is -9.00. The third-order valence-corrected chi connectivity index (χ3v) is 1.82. The molecule has 1 fully saturated rings. The van der Waals surface area contributed by atoms with Crippen molar-refractivity contribution in [1.82, 2.24) is 0 Å². The Kier molecular flexibility index (Phi) is 2.84. The van der Waals surface area contributed by atoms with Gasteiger partial charge >= 0.3 is 0 Å². The summed E-state index contributed by atoms with van der Waals surface area (Å²) < 4.78 is 4.28. The van der Waals surface area contributed by atoms with Gasteiger partial charge < -0.3 is 35.1 Å². The first-order valence-electron chi connectivity index (χ1n) is 3.53. The predicted molar refractivity (Wildman–Crippen MR) is 33.9 cm³/mol. The number of aliphatic carboxylic acids is 1. The van der Waals surface area contributed by atoms with Gasteiger partial charge in [-0.2, -0.15) is 0 Å². The van der Waals surface area contributed by atoms with E-state index in [9.17, 15) is 9.90 Å². The van der Waals surface area contributed by atoms with E-state index in [-0.39, 0.29) is 0 Å². The maximum atomic E-state index is 10.3. The molecule has 13 heavy (non-hydrogen) atoms. The molecule has 4 N–H and O–H groups in total. The molecule has 7 nitrogen and oxygen atoms in total. The SMILES string of the molecule is O=C([O-])C1O[C@@H](O)[C@@H](O)C(O)[C@@H]1O. The molecule has 1 rings (SSSR count). The number of carbonyl (C=O) groups excluding carboxylic acids is 1. The lowest BCUT2D eigenvalue weighted by atomic mass is 9.99. The van der Waals surface area contributed by atoms with Gasteiger partial charge in [0.05, 0.1) is 5.97 Å². The molecule has 7 heteroatoms. The van der Waals surface area contributed by atoms with Crippen LogP contribution in [0.4, 0.5) is 0 Å². The maximum Gasteiger partial charge on any atom is 0.184 e. The molecule has 0 saturated carbocycles. The highest BCUT2D eigenvalue weighted by atomic mass is 16.6. The van der Waals surface area contributed by atoms with Gasteiger partial charge in [0.2, 0.25) is 0 Å². The molecule has 76 valence electrons. The molecular formula is C6H9O7-. The van der Waals surface area contributed by atoms with E-state index in [1.807, 2.05) is 0 Å². The minimum absolute atomic E-state index is 1.73. The number of aliphatic hydroxyl groups excluding tert-OH is 4. The molecule has 5 atom stereocenters. The van der Waals surface area contributed by atoms with E-state index in [0.717, 1.165) is 0 Å². The number of rotatable bonds is 1. The average Bonchev–Trinajstić information content (AvgIpc) is 2.07. The van der Waals surface area contributed by atoms with Crippen molar-refractivity contribution in [2.75, 3.05) is 0 Å². The Morgan fingerprint density at radius 1 is 1.08 bits per heavy atom. The Balaban J connectivity index is 2.76. The fraction of sp³-hybridized carbons (Fsp3) is 0.833. The van der Waals surface area contributed by atoms with Crippen LogP contribution in [-0.4, -0.2) is 57.1 Å². The molecule has 1 saturated heterocycles. The first-order chi connectivity index (χ1) is 5.95. The molecule has 0 amide bonds. The molecule has 0 aliphatic carbocycles. The molecule has 0 spiro atoms. The van der Waals surface area contributed by atoms with Crippen molar-refractivity contribution >= 4 is 5.97 Å². The summed E-state index contributed by atoms with van der Waals surface area (Å²) in [6, 6.07) is 0. The summed E-state index contributed by atoms with van der Waals surface area (Å²) in [5.41, 5.74) is 0. The van der Waals surface area contributed by atoms with Gasteiger partial charge in [-0.25, -0.2) is 0 Å². The van der Waals surface area contributed by atoms with Crippen LogP contribution >= 0.6 is 0 Å². The summed E-state index contributed by atoms with van der Waals surface area (Å²) in [5.74, 6) is -1.77. The molecular weight excluding hydrogens is 184 g/mol. The fourth-order valence-electron chi connectivity index (χ4n) is 1.06. The van der Waals surface area contributed by atoms with Crippen LogP contribution in [0.2, 0.25) is 0 Å². The first kappa shape index (κ1) is 10.4. The molecule has 2 unspecified atom stereocenters. The van der Waals surface area contributed by atoms with Crippen molar-refractivity contribution in [3.8, 4) is 0 Å². The van der Waals surface area contributed by atoms with Crippen molar-refractivity contribution in [2.45, 2.75) is 30.7 Å². The van der Waals surface area contributed by atoms with E-state index < -0.39 is 36.7 Å². The van der Waals surface area contributed by atoms with Crippen LogP contribution in [0.5, 0.6) is 0 Å². The van der Waals surface area contributed by atoms with Gasteiger partial charge in [0.25, 0.3) is 0 Å². The van der Waals surface area contributed by atoms with Crippen LogP contribution in [0.3, 0.4) is 0 Å². The lowest BCUT2D eigenvalue weighted by molar-refractivity contribution is -0.345. The second-order valence-electron chi connectivity index (χ2n) is 2.74. The van der Waals surface area contributed by atoms with Crippen molar-refractivity contribution in [3.63, 3.8) is 0 Å². The van der Waals surface area contributed by atoms with Gasteiger partial charge in [-0.05, 0) is 0 Å². The van der Waals surface area contributed by atoms with Crippen molar-refractivity contribution in [1.29, 1.82) is 0 Å². The minimum atomic E-state index is -1.85. The number of carboxylic acids is 1. The quantitative estimate of drug-likeness (QED) is 0.330. The Labute approximate surface area is 72.8 Å². The number of carbonyl (C=O) groups is 1. The van der Waals surface area contributed by atoms with Gasteiger partial charge in [-0.1, -0.05) is 0 Å². The Morgan fingerprint density at radius 2 is 1.62 bits per heavy atom. The second-order valence-corrected chi connectivity index (χ2v) is 2.74. The van der Waals surface area contributed by atoms with Gasteiger partial charge in [-0.3, -0.25) is 0 Å². The van der Waals surface area contributed by atoms with E-state index in [4.69, 9.17) is 20.4 Å². The molecule has 0 bridgehead atoms. The number of hydrogen-bond acceptors (Lipinski definition) is 7. The number of carboxylic acid groups (broad SMARTS) is 1. The van der Waals surface area contributed by atoms with Crippen LogP contribution in [0.25, 0.3) is 0 Å². The van der Waals surface area contributed by atoms with E-state index in [0.29, 0.717) is 0 Å². The topological polar surface area (TPSA) is 130 Å². The lowest BCUT2D eigenvalue weighted by Crippen LogP contribution is -2.62. The third-order valence-electron chi connectivity index (χ3n) is 1.82. The lowest BCUT2D eigenvalue weighted by Gasteiger charge is -2.38. The highest BCUT2D eigenvalue weighted by Crippen LogP contribution is 2.19. The summed E-state index contributed by atoms with van der Waals surface area (Å²) in [7, 11) is 0. The zero-order valence-corrected chi connectivity index (χ0v) is 6.40. The van der Waals surface area contributed by atoms with Gasteiger partial charge in [0, 0.05) is 0 Å². The van der Waals surface area contributed by atoms with Crippen LogP contribution in [-0.2, 0) is 9.53 Å². The summed E-state index contributed by atoms with van der Waals surface area (Å²) in [6.45, 7) is 0. The zero-order valence-electron chi connectivity index (χ0n) is 6.40. The smallest absolute Gasteiger partial charge is 0.184 e.